The van der Waals surface area contributed by atoms with Crippen molar-refractivity contribution in [1.29, 1.82) is 0 Å². The van der Waals surface area contributed by atoms with E-state index in [2.05, 4.69) is 50.4 Å². The zero-order valence-corrected chi connectivity index (χ0v) is 9.96. The fourth-order valence-electron chi connectivity index (χ4n) is 2.73. The van der Waals surface area contributed by atoms with Gasteiger partial charge in [0.25, 0.3) is 0 Å². The molecule has 1 fully saturated rings. The lowest BCUT2D eigenvalue weighted by Crippen LogP contribution is -2.47. The second-order valence-corrected chi connectivity index (χ2v) is 4.72. The average Bonchev–Trinajstić information content (AvgIpc) is 2.25. The molecule has 82 valence electrons. The third-order valence-electron chi connectivity index (χ3n) is 3.83. The van der Waals surface area contributed by atoms with Crippen LogP contribution in [0.2, 0.25) is 0 Å². The van der Waals surface area contributed by atoms with Crippen molar-refractivity contribution in [3.05, 3.63) is 35.4 Å². The summed E-state index contributed by atoms with van der Waals surface area (Å²) in [4.78, 5) is 0. The summed E-state index contributed by atoms with van der Waals surface area (Å²) in [5, 5.41) is 3.55. The zero-order valence-electron chi connectivity index (χ0n) is 9.96. The van der Waals surface area contributed by atoms with Crippen molar-refractivity contribution < 1.29 is 0 Å². The molecule has 0 spiro atoms. The quantitative estimate of drug-likeness (QED) is 0.796. The van der Waals surface area contributed by atoms with E-state index in [0.29, 0.717) is 0 Å². The van der Waals surface area contributed by atoms with E-state index < -0.39 is 0 Å². The van der Waals surface area contributed by atoms with Gasteiger partial charge >= 0.3 is 0 Å². The van der Waals surface area contributed by atoms with Gasteiger partial charge in [0.05, 0.1) is 0 Å². The Balaban J connectivity index is 2.06. The molecule has 0 heterocycles. The molecule has 1 aliphatic carbocycles. The van der Waals surface area contributed by atoms with E-state index in [4.69, 9.17) is 0 Å². The maximum atomic E-state index is 3.55. The number of rotatable bonds is 3. The van der Waals surface area contributed by atoms with Gasteiger partial charge in [-0.05, 0) is 42.9 Å². The predicted octanol–water partition coefficient (Wildman–Crippen LogP) is 3.10. The van der Waals surface area contributed by atoms with Crippen LogP contribution in [0.4, 0.5) is 0 Å². The highest BCUT2D eigenvalue weighted by Gasteiger charge is 2.38. The Morgan fingerprint density at radius 3 is 2.67 bits per heavy atom. The van der Waals surface area contributed by atoms with E-state index >= 15 is 0 Å². The fraction of sp³-hybridized carbons (Fsp3) is 0.571. The Labute approximate surface area is 92.9 Å². The van der Waals surface area contributed by atoms with Gasteiger partial charge in [0.15, 0.2) is 0 Å². The van der Waals surface area contributed by atoms with Gasteiger partial charge in [0.2, 0.25) is 0 Å². The largest absolute Gasteiger partial charge is 0.314 e. The number of benzene rings is 1. The molecule has 1 aromatic carbocycles. The Kier molecular flexibility index (Phi) is 3.11. The monoisotopic (exact) mass is 203 g/mol. The number of hydrogen-bond acceptors (Lipinski definition) is 1. The second-order valence-electron chi connectivity index (χ2n) is 4.72. The number of hydrogen-bond donors (Lipinski definition) is 1. The first-order valence-corrected chi connectivity index (χ1v) is 6.03. The topological polar surface area (TPSA) is 12.0 Å². The molecule has 1 saturated carbocycles. The van der Waals surface area contributed by atoms with Crippen LogP contribution in [-0.4, -0.2) is 12.6 Å². The lowest BCUT2D eigenvalue weighted by molar-refractivity contribution is 0.186. The molecular weight excluding hydrogens is 182 g/mol. The highest BCUT2D eigenvalue weighted by atomic mass is 14.9. The molecule has 1 nitrogen and oxygen atoms in total. The minimum absolute atomic E-state index is 0.736. The maximum Gasteiger partial charge on any atom is 0.0104 e. The summed E-state index contributed by atoms with van der Waals surface area (Å²) in [5.41, 5.74) is 3.00. The van der Waals surface area contributed by atoms with Crippen molar-refractivity contribution >= 4 is 0 Å². The average molecular weight is 203 g/mol. The van der Waals surface area contributed by atoms with Gasteiger partial charge in [-0.15, -0.1) is 0 Å². The molecule has 0 aromatic heterocycles. The Morgan fingerprint density at radius 2 is 2.07 bits per heavy atom. The molecule has 15 heavy (non-hydrogen) atoms. The van der Waals surface area contributed by atoms with Gasteiger partial charge in [0.1, 0.15) is 0 Å². The van der Waals surface area contributed by atoms with Gasteiger partial charge in [-0.3, -0.25) is 0 Å². The lowest BCUT2D eigenvalue weighted by Gasteiger charge is -2.44. The summed E-state index contributed by atoms with van der Waals surface area (Å²) < 4.78 is 0. The molecule has 3 atom stereocenters. The van der Waals surface area contributed by atoms with E-state index in [1.807, 2.05) is 0 Å². The van der Waals surface area contributed by atoms with Crippen LogP contribution in [0.3, 0.4) is 0 Å². The third-order valence-corrected chi connectivity index (χ3v) is 3.83. The van der Waals surface area contributed by atoms with E-state index in [1.54, 1.807) is 5.56 Å². The first kappa shape index (κ1) is 10.7. The molecule has 0 radical (unpaired) electrons. The highest BCUT2D eigenvalue weighted by molar-refractivity contribution is 5.32. The minimum Gasteiger partial charge on any atom is -0.314 e. The van der Waals surface area contributed by atoms with Crippen LogP contribution >= 0.6 is 0 Å². The summed E-state index contributed by atoms with van der Waals surface area (Å²) in [6.45, 7) is 7.87. The lowest BCUT2D eigenvalue weighted by atomic mass is 9.66. The Morgan fingerprint density at radius 1 is 1.33 bits per heavy atom. The first-order valence-electron chi connectivity index (χ1n) is 6.03. The van der Waals surface area contributed by atoms with Gasteiger partial charge < -0.3 is 5.32 Å². The molecule has 0 saturated heterocycles. The van der Waals surface area contributed by atoms with Crippen LogP contribution in [0, 0.1) is 12.8 Å². The van der Waals surface area contributed by atoms with Crippen molar-refractivity contribution in [2.24, 2.45) is 5.92 Å². The van der Waals surface area contributed by atoms with Crippen LogP contribution in [0.25, 0.3) is 0 Å². The molecule has 0 bridgehead atoms. The summed E-state index contributed by atoms with van der Waals surface area (Å²) in [6.07, 6.45) is 1.31. The smallest absolute Gasteiger partial charge is 0.0104 e. The van der Waals surface area contributed by atoms with Crippen LogP contribution in [0.5, 0.6) is 0 Å². The van der Waals surface area contributed by atoms with Crippen molar-refractivity contribution in [1.82, 2.24) is 5.32 Å². The SMILES string of the molecule is CCNC1CC(c2ccccc2C)C1C. The summed E-state index contributed by atoms with van der Waals surface area (Å²) >= 11 is 0. The highest BCUT2D eigenvalue weighted by Crippen LogP contribution is 2.43. The van der Waals surface area contributed by atoms with Crippen molar-refractivity contribution in [2.75, 3.05) is 6.54 Å². The summed E-state index contributed by atoms with van der Waals surface area (Å²) in [5.74, 6) is 1.56. The zero-order chi connectivity index (χ0) is 10.8. The molecule has 1 aliphatic rings. The van der Waals surface area contributed by atoms with Gasteiger partial charge in [-0.25, -0.2) is 0 Å². The summed E-state index contributed by atoms with van der Waals surface area (Å²) in [6, 6.07) is 9.54. The molecule has 3 unspecified atom stereocenters. The van der Waals surface area contributed by atoms with Gasteiger partial charge in [0, 0.05) is 6.04 Å². The third kappa shape index (κ3) is 1.93. The van der Waals surface area contributed by atoms with Crippen LogP contribution in [-0.2, 0) is 0 Å². The first-order chi connectivity index (χ1) is 7.24. The van der Waals surface area contributed by atoms with E-state index in [9.17, 15) is 0 Å². The molecule has 1 aromatic rings. The second kappa shape index (κ2) is 4.36. The van der Waals surface area contributed by atoms with Gasteiger partial charge in [-0.1, -0.05) is 38.1 Å². The van der Waals surface area contributed by atoms with Crippen LogP contribution < -0.4 is 5.32 Å². The minimum atomic E-state index is 0.736. The van der Waals surface area contributed by atoms with E-state index in [-0.39, 0.29) is 0 Å². The van der Waals surface area contributed by atoms with Crippen molar-refractivity contribution in [2.45, 2.75) is 39.2 Å². The Hall–Kier alpha value is -0.820. The standard InChI is InChI=1S/C14H21N/c1-4-15-14-9-13(11(14)3)12-8-6-5-7-10(12)2/h5-8,11,13-15H,4,9H2,1-3H3. The fourth-order valence-corrected chi connectivity index (χ4v) is 2.73. The molecule has 1 N–H and O–H groups in total. The maximum absolute atomic E-state index is 3.55. The van der Waals surface area contributed by atoms with Gasteiger partial charge in [-0.2, -0.15) is 0 Å². The Bertz CT molecular complexity index is 332. The van der Waals surface area contributed by atoms with E-state index in [1.165, 1.54) is 12.0 Å². The molecule has 1 heteroatoms. The number of nitrogens with one attached hydrogen (secondary N) is 1. The normalized spacial score (nSPS) is 29.9. The van der Waals surface area contributed by atoms with E-state index in [0.717, 1.165) is 24.4 Å². The van der Waals surface area contributed by atoms with Crippen LogP contribution in [0.1, 0.15) is 37.3 Å². The van der Waals surface area contributed by atoms with Crippen LogP contribution in [0.15, 0.2) is 24.3 Å². The summed E-state index contributed by atoms with van der Waals surface area (Å²) in [7, 11) is 0. The van der Waals surface area contributed by atoms with Crippen molar-refractivity contribution in [3.63, 3.8) is 0 Å². The number of aryl methyl sites for hydroxylation is 1. The molecule has 0 aliphatic heterocycles. The van der Waals surface area contributed by atoms with Crippen molar-refractivity contribution in [3.8, 4) is 0 Å². The molecular formula is C14H21N. The molecule has 2 rings (SSSR count). The molecule has 0 amide bonds. The predicted molar refractivity (Wildman–Crippen MR) is 65.2 cm³/mol.